The number of ether oxygens (including phenoxy) is 1. The van der Waals surface area contributed by atoms with Crippen LogP contribution in [0.5, 0.6) is 0 Å². The molecule has 0 unspecified atom stereocenters. The molecular weight excluding hydrogens is 388 g/mol. The average Bonchev–Trinajstić information content (AvgIpc) is 3.22. The standard InChI is InChI=1S/C17H24N4O4S2/c1-17(2,3)14-11-26-16(18-14)19-15(22)13-9-12(10-20(13)4)27(23,24)21-5-7-25-8-6-21/h9-11H,5-8H2,1-4H3,(H,18,19,22). The van der Waals surface area contributed by atoms with Gasteiger partial charge < -0.3 is 9.30 Å². The molecule has 2 aromatic heterocycles. The Balaban J connectivity index is 1.79. The molecule has 0 spiro atoms. The summed E-state index contributed by atoms with van der Waals surface area (Å²) in [5.74, 6) is -0.393. The van der Waals surface area contributed by atoms with Gasteiger partial charge in [-0.3, -0.25) is 10.1 Å². The molecule has 0 atom stereocenters. The number of morpholine rings is 1. The van der Waals surface area contributed by atoms with Crippen LogP contribution >= 0.6 is 11.3 Å². The summed E-state index contributed by atoms with van der Waals surface area (Å²) >= 11 is 1.35. The highest BCUT2D eigenvalue weighted by atomic mass is 32.2. The first-order valence-electron chi connectivity index (χ1n) is 8.60. The monoisotopic (exact) mass is 412 g/mol. The number of aryl methyl sites for hydroxylation is 1. The fourth-order valence-electron chi connectivity index (χ4n) is 2.67. The number of anilines is 1. The number of nitrogens with one attached hydrogen (secondary N) is 1. The molecule has 1 N–H and O–H groups in total. The van der Waals surface area contributed by atoms with Crippen molar-refractivity contribution in [2.24, 2.45) is 7.05 Å². The molecule has 3 heterocycles. The third kappa shape index (κ3) is 4.23. The van der Waals surface area contributed by atoms with Gasteiger partial charge in [-0.2, -0.15) is 4.31 Å². The quantitative estimate of drug-likeness (QED) is 0.830. The predicted molar refractivity (Wildman–Crippen MR) is 104 cm³/mol. The Morgan fingerprint density at radius 2 is 1.96 bits per heavy atom. The molecule has 1 amide bonds. The zero-order valence-electron chi connectivity index (χ0n) is 15.9. The second kappa shape index (κ2) is 7.34. The topological polar surface area (TPSA) is 93.5 Å². The molecule has 10 heteroatoms. The highest BCUT2D eigenvalue weighted by molar-refractivity contribution is 7.89. The van der Waals surface area contributed by atoms with E-state index in [0.29, 0.717) is 31.4 Å². The number of amides is 1. The number of nitrogens with zero attached hydrogens (tertiary/aromatic N) is 3. The van der Waals surface area contributed by atoms with Crippen molar-refractivity contribution in [3.63, 3.8) is 0 Å². The summed E-state index contributed by atoms with van der Waals surface area (Å²) in [4.78, 5) is 17.2. The molecule has 0 aliphatic carbocycles. The van der Waals surface area contributed by atoms with Gasteiger partial charge in [0.25, 0.3) is 5.91 Å². The number of rotatable bonds is 4. The van der Waals surface area contributed by atoms with E-state index in [2.05, 4.69) is 10.3 Å². The molecule has 8 nitrogen and oxygen atoms in total. The number of hydrogen-bond acceptors (Lipinski definition) is 6. The number of carbonyl (C=O) groups is 1. The Hall–Kier alpha value is -1.75. The van der Waals surface area contributed by atoms with Crippen LogP contribution in [0.3, 0.4) is 0 Å². The van der Waals surface area contributed by atoms with Gasteiger partial charge in [0, 0.05) is 37.1 Å². The van der Waals surface area contributed by atoms with Gasteiger partial charge in [-0.15, -0.1) is 11.3 Å². The Kier molecular flexibility index (Phi) is 5.44. The molecule has 0 radical (unpaired) electrons. The van der Waals surface area contributed by atoms with Crippen molar-refractivity contribution in [1.29, 1.82) is 0 Å². The fourth-order valence-corrected chi connectivity index (χ4v) is 5.09. The molecule has 2 aromatic rings. The molecule has 27 heavy (non-hydrogen) atoms. The van der Waals surface area contributed by atoms with Crippen LogP contribution < -0.4 is 5.32 Å². The van der Waals surface area contributed by atoms with E-state index >= 15 is 0 Å². The Labute approximate surface area is 163 Å². The van der Waals surface area contributed by atoms with Gasteiger partial charge in [-0.1, -0.05) is 20.8 Å². The molecule has 1 aliphatic heterocycles. The number of thiazole rings is 1. The van der Waals surface area contributed by atoms with Crippen LogP contribution in [0.2, 0.25) is 0 Å². The molecular formula is C17H24N4O4S2. The van der Waals surface area contributed by atoms with Crippen LogP contribution in [-0.4, -0.2) is 54.5 Å². The van der Waals surface area contributed by atoms with Gasteiger partial charge in [0.15, 0.2) is 5.13 Å². The van der Waals surface area contributed by atoms with E-state index in [1.807, 2.05) is 26.2 Å². The maximum absolute atomic E-state index is 12.8. The minimum absolute atomic E-state index is 0.103. The van der Waals surface area contributed by atoms with E-state index in [9.17, 15) is 13.2 Å². The number of hydrogen-bond donors (Lipinski definition) is 1. The molecule has 1 fully saturated rings. The van der Waals surface area contributed by atoms with Crippen molar-refractivity contribution in [2.45, 2.75) is 31.1 Å². The second-order valence-electron chi connectivity index (χ2n) is 7.43. The van der Waals surface area contributed by atoms with Gasteiger partial charge >= 0.3 is 0 Å². The van der Waals surface area contributed by atoms with Gasteiger partial charge in [-0.05, 0) is 6.07 Å². The van der Waals surface area contributed by atoms with Crippen molar-refractivity contribution < 1.29 is 17.9 Å². The fraction of sp³-hybridized carbons (Fsp3) is 0.529. The van der Waals surface area contributed by atoms with Gasteiger partial charge in [0.05, 0.1) is 18.9 Å². The predicted octanol–water partition coefficient (Wildman–Crippen LogP) is 2.05. The van der Waals surface area contributed by atoms with Gasteiger partial charge in [0.1, 0.15) is 10.6 Å². The normalized spacial score (nSPS) is 16.4. The summed E-state index contributed by atoms with van der Waals surface area (Å²) in [5.41, 5.74) is 1.05. The van der Waals surface area contributed by atoms with Crippen molar-refractivity contribution in [2.75, 3.05) is 31.6 Å². The largest absolute Gasteiger partial charge is 0.379 e. The van der Waals surface area contributed by atoms with E-state index in [4.69, 9.17) is 4.74 Å². The first kappa shape index (κ1) is 20.0. The third-order valence-electron chi connectivity index (χ3n) is 4.31. The SMILES string of the molecule is Cn1cc(S(=O)(=O)N2CCOCC2)cc1C(=O)Nc1nc(C(C)(C)C)cs1. The maximum Gasteiger partial charge on any atom is 0.274 e. The lowest BCUT2D eigenvalue weighted by molar-refractivity contribution is 0.0730. The minimum atomic E-state index is -3.65. The van der Waals surface area contributed by atoms with Crippen LogP contribution in [-0.2, 0) is 27.2 Å². The Morgan fingerprint density at radius 1 is 1.30 bits per heavy atom. The minimum Gasteiger partial charge on any atom is -0.379 e. The van der Waals surface area contributed by atoms with E-state index in [1.54, 1.807) is 7.05 Å². The zero-order valence-corrected chi connectivity index (χ0v) is 17.5. The lowest BCUT2D eigenvalue weighted by Crippen LogP contribution is -2.40. The van der Waals surface area contributed by atoms with E-state index in [0.717, 1.165) is 5.69 Å². The zero-order chi connectivity index (χ0) is 19.8. The summed E-state index contributed by atoms with van der Waals surface area (Å²) in [7, 11) is -2.00. The van der Waals surface area contributed by atoms with E-state index < -0.39 is 15.9 Å². The highest BCUT2D eigenvalue weighted by Gasteiger charge is 2.29. The lowest BCUT2D eigenvalue weighted by atomic mass is 9.93. The van der Waals surface area contributed by atoms with Gasteiger partial charge in [0.2, 0.25) is 10.0 Å². The number of aromatic nitrogens is 2. The average molecular weight is 413 g/mol. The molecule has 148 valence electrons. The van der Waals surface area contributed by atoms with Crippen LogP contribution in [0.1, 0.15) is 37.0 Å². The van der Waals surface area contributed by atoms with Crippen LogP contribution in [0.15, 0.2) is 22.5 Å². The van der Waals surface area contributed by atoms with Gasteiger partial charge in [-0.25, -0.2) is 13.4 Å². The molecule has 1 saturated heterocycles. The molecule has 0 saturated carbocycles. The van der Waals surface area contributed by atoms with E-state index in [-0.39, 0.29) is 16.0 Å². The Morgan fingerprint density at radius 3 is 2.56 bits per heavy atom. The molecule has 0 bridgehead atoms. The van der Waals surface area contributed by atoms with Crippen molar-refractivity contribution in [3.05, 3.63) is 29.0 Å². The van der Waals surface area contributed by atoms with Crippen LogP contribution in [0, 0.1) is 0 Å². The summed E-state index contributed by atoms with van der Waals surface area (Å²) in [6, 6.07) is 1.40. The molecule has 0 aromatic carbocycles. The third-order valence-corrected chi connectivity index (χ3v) is 6.94. The molecule has 1 aliphatic rings. The first-order chi connectivity index (χ1) is 12.6. The molecule has 3 rings (SSSR count). The summed E-state index contributed by atoms with van der Waals surface area (Å²) in [6.07, 6.45) is 1.46. The first-order valence-corrected chi connectivity index (χ1v) is 10.9. The van der Waals surface area contributed by atoms with Crippen molar-refractivity contribution >= 4 is 32.4 Å². The summed E-state index contributed by atoms with van der Waals surface area (Å²) in [5, 5.41) is 5.16. The van der Waals surface area contributed by atoms with Crippen molar-refractivity contribution in [3.8, 4) is 0 Å². The summed E-state index contributed by atoms with van der Waals surface area (Å²) < 4.78 is 33.6. The van der Waals surface area contributed by atoms with Crippen LogP contribution in [0.25, 0.3) is 0 Å². The van der Waals surface area contributed by atoms with Crippen molar-refractivity contribution in [1.82, 2.24) is 13.9 Å². The number of carbonyl (C=O) groups excluding carboxylic acids is 1. The second-order valence-corrected chi connectivity index (χ2v) is 10.2. The highest BCUT2D eigenvalue weighted by Crippen LogP contribution is 2.27. The number of sulfonamides is 1. The smallest absolute Gasteiger partial charge is 0.274 e. The Bertz CT molecular complexity index is 935. The summed E-state index contributed by atoms with van der Waals surface area (Å²) in [6.45, 7) is 7.52. The maximum atomic E-state index is 12.8. The van der Waals surface area contributed by atoms with Crippen LogP contribution in [0.4, 0.5) is 5.13 Å². The van der Waals surface area contributed by atoms with E-state index in [1.165, 1.54) is 32.5 Å². The lowest BCUT2D eigenvalue weighted by Gasteiger charge is -2.25.